The number of hydrogen-bond donors (Lipinski definition) is 1. The lowest BCUT2D eigenvalue weighted by Crippen LogP contribution is -2.39. The number of anilines is 1. The normalized spacial score (nSPS) is 11.2. The predicted octanol–water partition coefficient (Wildman–Crippen LogP) is 4.39. The second kappa shape index (κ2) is 9.46. The van der Waals surface area contributed by atoms with Crippen molar-refractivity contribution in [2.75, 3.05) is 18.4 Å². The van der Waals surface area contributed by atoms with Crippen LogP contribution in [-0.2, 0) is 22.2 Å². The molecule has 0 unspecified atom stereocenters. The van der Waals surface area contributed by atoms with E-state index in [9.17, 15) is 22.8 Å². The summed E-state index contributed by atoms with van der Waals surface area (Å²) in [5, 5.41) is 2.24. The lowest BCUT2D eigenvalue weighted by Gasteiger charge is -2.20. The second-order valence-electron chi connectivity index (χ2n) is 6.69. The van der Waals surface area contributed by atoms with Crippen molar-refractivity contribution in [2.45, 2.75) is 19.5 Å². The molecular formula is C22H20F3N3O3. The van der Waals surface area contributed by atoms with Crippen LogP contribution in [0.5, 0.6) is 0 Å². The average molecular weight is 431 g/mol. The Morgan fingerprint density at radius 1 is 1.06 bits per heavy atom. The van der Waals surface area contributed by atoms with Gasteiger partial charge in [0, 0.05) is 12.1 Å². The number of carbonyl (C=O) groups is 2. The fourth-order valence-electron chi connectivity index (χ4n) is 2.95. The van der Waals surface area contributed by atoms with Gasteiger partial charge in [-0.15, -0.1) is 0 Å². The van der Waals surface area contributed by atoms with Crippen molar-refractivity contribution in [3.63, 3.8) is 0 Å². The number of carbonyl (C=O) groups excluding carboxylic acids is 2. The number of rotatable bonds is 7. The molecule has 6 nitrogen and oxygen atoms in total. The molecule has 9 heteroatoms. The third-order valence-electron chi connectivity index (χ3n) is 4.48. The summed E-state index contributed by atoms with van der Waals surface area (Å²) in [4.78, 5) is 30.4. The number of oxazole rings is 1. The molecule has 0 aliphatic carbocycles. The van der Waals surface area contributed by atoms with Gasteiger partial charge in [-0.3, -0.25) is 9.59 Å². The molecule has 0 fully saturated rings. The molecule has 0 aliphatic rings. The molecule has 0 aliphatic heterocycles. The highest BCUT2D eigenvalue weighted by molar-refractivity contribution is 5.95. The summed E-state index contributed by atoms with van der Waals surface area (Å²) in [5.74, 6) is -0.750. The number of hydrogen-bond acceptors (Lipinski definition) is 4. The number of nitrogens with zero attached hydrogens (tertiary/aromatic N) is 2. The van der Waals surface area contributed by atoms with Gasteiger partial charge in [0.2, 0.25) is 17.7 Å². The molecule has 162 valence electrons. The number of benzene rings is 2. The van der Waals surface area contributed by atoms with Crippen molar-refractivity contribution in [2.24, 2.45) is 0 Å². The van der Waals surface area contributed by atoms with Crippen LogP contribution in [0.3, 0.4) is 0 Å². The zero-order valence-corrected chi connectivity index (χ0v) is 16.6. The Morgan fingerprint density at radius 3 is 2.42 bits per heavy atom. The standard InChI is InChI=1S/C22H20F3N3O3/c1-2-28(13-19(29)27-18-11-7-6-10-17(18)22(23,24)25)20(30)12-16-14-31-21(26-16)15-8-4-3-5-9-15/h3-11,14H,2,12-13H2,1H3,(H,27,29). The highest BCUT2D eigenvalue weighted by Crippen LogP contribution is 2.34. The Balaban J connectivity index is 1.63. The van der Waals surface area contributed by atoms with Gasteiger partial charge in [0.1, 0.15) is 6.26 Å². The third kappa shape index (κ3) is 5.71. The zero-order chi connectivity index (χ0) is 22.4. The van der Waals surface area contributed by atoms with E-state index in [-0.39, 0.29) is 25.2 Å². The Labute approximate surface area is 176 Å². The minimum Gasteiger partial charge on any atom is -0.444 e. The fraction of sp³-hybridized carbons (Fsp3) is 0.227. The summed E-state index contributed by atoms with van der Waals surface area (Å²) in [6.45, 7) is 1.49. The number of aromatic nitrogens is 1. The molecule has 1 aromatic heterocycles. The van der Waals surface area contributed by atoms with Crippen LogP contribution < -0.4 is 5.32 Å². The molecule has 0 atom stereocenters. The first-order valence-electron chi connectivity index (χ1n) is 9.51. The number of likely N-dealkylation sites (N-methyl/N-ethyl adjacent to an activating group) is 1. The Bertz CT molecular complexity index is 1050. The van der Waals surface area contributed by atoms with Gasteiger partial charge in [0.25, 0.3) is 0 Å². The monoisotopic (exact) mass is 431 g/mol. The largest absolute Gasteiger partial charge is 0.444 e. The van der Waals surface area contributed by atoms with Crippen molar-refractivity contribution >= 4 is 17.5 Å². The first kappa shape index (κ1) is 22.1. The van der Waals surface area contributed by atoms with Gasteiger partial charge in [-0.25, -0.2) is 4.98 Å². The first-order valence-corrected chi connectivity index (χ1v) is 9.51. The molecule has 0 saturated carbocycles. The highest BCUT2D eigenvalue weighted by atomic mass is 19.4. The summed E-state index contributed by atoms with van der Waals surface area (Å²) in [5.41, 5.74) is -0.150. The van der Waals surface area contributed by atoms with E-state index in [4.69, 9.17) is 4.42 Å². The SMILES string of the molecule is CCN(CC(=O)Nc1ccccc1C(F)(F)F)C(=O)Cc1coc(-c2ccccc2)n1. The van der Waals surface area contributed by atoms with Crippen molar-refractivity contribution < 1.29 is 27.2 Å². The zero-order valence-electron chi connectivity index (χ0n) is 16.6. The lowest BCUT2D eigenvalue weighted by atomic mass is 10.1. The van der Waals surface area contributed by atoms with Crippen LogP contribution in [0.4, 0.5) is 18.9 Å². The van der Waals surface area contributed by atoms with Gasteiger partial charge in [0.05, 0.1) is 29.9 Å². The first-order chi connectivity index (χ1) is 14.8. The van der Waals surface area contributed by atoms with Crippen LogP contribution >= 0.6 is 0 Å². The van der Waals surface area contributed by atoms with E-state index in [2.05, 4.69) is 10.3 Å². The van der Waals surface area contributed by atoms with Gasteiger partial charge < -0.3 is 14.6 Å². The van der Waals surface area contributed by atoms with E-state index in [1.54, 1.807) is 6.92 Å². The topological polar surface area (TPSA) is 75.4 Å². The number of alkyl halides is 3. The lowest BCUT2D eigenvalue weighted by molar-refractivity contribution is -0.137. The maximum atomic E-state index is 13.1. The number of para-hydroxylation sites is 1. The van der Waals surface area contributed by atoms with Crippen LogP contribution in [0.15, 0.2) is 65.3 Å². The predicted molar refractivity (Wildman–Crippen MR) is 108 cm³/mol. The third-order valence-corrected chi connectivity index (χ3v) is 4.48. The van der Waals surface area contributed by atoms with Crippen molar-refractivity contribution in [3.05, 3.63) is 72.1 Å². The smallest absolute Gasteiger partial charge is 0.418 e. The Kier molecular flexibility index (Phi) is 6.74. The molecule has 1 N–H and O–H groups in total. The van der Waals surface area contributed by atoms with Crippen molar-refractivity contribution in [1.82, 2.24) is 9.88 Å². The fourth-order valence-corrected chi connectivity index (χ4v) is 2.95. The molecule has 0 spiro atoms. The Morgan fingerprint density at radius 2 is 1.74 bits per heavy atom. The molecule has 2 amide bonds. The molecule has 0 radical (unpaired) electrons. The van der Waals surface area contributed by atoms with Gasteiger partial charge in [0.15, 0.2) is 0 Å². The Hall–Kier alpha value is -3.62. The van der Waals surface area contributed by atoms with Gasteiger partial charge in [-0.05, 0) is 31.2 Å². The molecule has 1 heterocycles. The van der Waals surface area contributed by atoms with Crippen LogP contribution in [0.25, 0.3) is 11.5 Å². The van der Waals surface area contributed by atoms with E-state index in [1.807, 2.05) is 30.3 Å². The maximum Gasteiger partial charge on any atom is 0.418 e. The summed E-state index contributed by atoms with van der Waals surface area (Å²) in [6.07, 6.45) is -3.34. The summed E-state index contributed by atoms with van der Waals surface area (Å²) < 4.78 is 44.7. The minimum absolute atomic E-state index is 0.101. The molecule has 0 bridgehead atoms. The van der Waals surface area contributed by atoms with Crippen molar-refractivity contribution in [3.8, 4) is 11.5 Å². The quantitative estimate of drug-likeness (QED) is 0.602. The number of halogens is 3. The number of amides is 2. The van der Waals surface area contributed by atoms with Crippen LogP contribution in [0.2, 0.25) is 0 Å². The molecule has 0 saturated heterocycles. The van der Waals surface area contributed by atoms with E-state index < -0.39 is 23.6 Å². The van der Waals surface area contributed by atoms with Crippen LogP contribution in [0.1, 0.15) is 18.2 Å². The summed E-state index contributed by atoms with van der Waals surface area (Å²) in [6, 6.07) is 13.8. The number of nitrogens with one attached hydrogen (secondary N) is 1. The van der Waals surface area contributed by atoms with Crippen LogP contribution in [-0.4, -0.2) is 34.8 Å². The van der Waals surface area contributed by atoms with Gasteiger partial charge in [-0.1, -0.05) is 30.3 Å². The van der Waals surface area contributed by atoms with Crippen molar-refractivity contribution in [1.29, 1.82) is 0 Å². The van der Waals surface area contributed by atoms with E-state index in [1.165, 1.54) is 29.4 Å². The van der Waals surface area contributed by atoms with Gasteiger partial charge in [-0.2, -0.15) is 13.2 Å². The van der Waals surface area contributed by atoms with Gasteiger partial charge >= 0.3 is 6.18 Å². The average Bonchev–Trinajstić information content (AvgIpc) is 3.20. The highest BCUT2D eigenvalue weighted by Gasteiger charge is 2.33. The summed E-state index contributed by atoms with van der Waals surface area (Å²) in [7, 11) is 0. The maximum absolute atomic E-state index is 13.1. The molecule has 3 rings (SSSR count). The van der Waals surface area contributed by atoms with E-state index in [0.29, 0.717) is 11.6 Å². The molecule has 2 aromatic carbocycles. The minimum atomic E-state index is -4.60. The van der Waals surface area contributed by atoms with E-state index in [0.717, 1.165) is 11.6 Å². The molecule has 3 aromatic rings. The van der Waals surface area contributed by atoms with E-state index >= 15 is 0 Å². The molecule has 31 heavy (non-hydrogen) atoms. The second-order valence-corrected chi connectivity index (χ2v) is 6.69. The van der Waals surface area contributed by atoms with Crippen LogP contribution in [0, 0.1) is 0 Å². The summed E-state index contributed by atoms with van der Waals surface area (Å²) >= 11 is 0. The molecular weight excluding hydrogens is 411 g/mol.